The van der Waals surface area contributed by atoms with Gasteiger partial charge in [-0.1, -0.05) is 38.1 Å². The van der Waals surface area contributed by atoms with Gasteiger partial charge in [0.25, 0.3) is 0 Å². The highest BCUT2D eigenvalue weighted by Gasteiger charge is 2.72. The van der Waals surface area contributed by atoms with Crippen LogP contribution in [0.5, 0.6) is 0 Å². The molecule has 0 N–H and O–H groups in total. The Labute approximate surface area is 135 Å². The van der Waals surface area contributed by atoms with Gasteiger partial charge in [0, 0.05) is 13.5 Å². The zero-order chi connectivity index (χ0) is 18.8. The van der Waals surface area contributed by atoms with Crippen molar-refractivity contribution in [2.24, 2.45) is 0 Å². The third-order valence-electron chi connectivity index (χ3n) is 4.11. The first kappa shape index (κ1) is 20.7. The topological polar surface area (TPSA) is 9.23 Å². The van der Waals surface area contributed by atoms with E-state index in [1.165, 1.54) is 18.2 Å². The fourth-order valence-corrected chi connectivity index (χ4v) is 2.29. The Morgan fingerprint density at radius 3 is 1.88 bits per heavy atom. The van der Waals surface area contributed by atoms with Crippen molar-refractivity contribution in [1.82, 2.24) is 0 Å². The molecular formula is C16H19F7O. The molecule has 24 heavy (non-hydrogen) atoms. The van der Waals surface area contributed by atoms with Gasteiger partial charge in [-0.05, 0) is 23.5 Å². The number of hydrogen-bond acceptors (Lipinski definition) is 1. The zero-order valence-corrected chi connectivity index (χ0v) is 13.4. The molecule has 0 aliphatic heterocycles. The van der Waals surface area contributed by atoms with Crippen molar-refractivity contribution in [3.8, 4) is 0 Å². The van der Waals surface area contributed by atoms with Gasteiger partial charge in [-0.15, -0.1) is 0 Å². The normalized spacial score (nSPS) is 16.1. The first-order valence-corrected chi connectivity index (χ1v) is 7.32. The van der Waals surface area contributed by atoms with Crippen molar-refractivity contribution < 1.29 is 35.5 Å². The summed E-state index contributed by atoms with van der Waals surface area (Å²) >= 11 is 0. The van der Waals surface area contributed by atoms with Gasteiger partial charge in [0.2, 0.25) is 0 Å². The first-order valence-electron chi connectivity index (χ1n) is 7.32. The molecule has 1 aromatic rings. The van der Waals surface area contributed by atoms with Crippen LogP contribution in [0.1, 0.15) is 49.8 Å². The zero-order valence-electron chi connectivity index (χ0n) is 13.4. The smallest absolute Gasteiger partial charge is 0.377 e. The van der Waals surface area contributed by atoms with Gasteiger partial charge in [0.1, 0.15) is 0 Å². The maximum Gasteiger partial charge on any atom is 0.431 e. The number of ether oxygens (including phenoxy) is 1. The minimum absolute atomic E-state index is 0.0582. The Bertz CT molecular complexity index is 522. The highest BCUT2D eigenvalue weighted by atomic mass is 19.4. The lowest BCUT2D eigenvalue weighted by molar-refractivity contribution is -0.348. The summed E-state index contributed by atoms with van der Waals surface area (Å²) in [7, 11) is 0.952. The van der Waals surface area contributed by atoms with Crippen molar-refractivity contribution in [2.75, 3.05) is 7.11 Å². The summed E-state index contributed by atoms with van der Waals surface area (Å²) in [4.78, 5) is 0. The maximum atomic E-state index is 13.9. The second-order valence-corrected chi connectivity index (χ2v) is 5.70. The molecule has 0 spiro atoms. The number of methoxy groups -OCH3 is 1. The average Bonchev–Trinajstić information content (AvgIpc) is 2.49. The van der Waals surface area contributed by atoms with Crippen LogP contribution >= 0.6 is 0 Å². The average molecular weight is 360 g/mol. The van der Waals surface area contributed by atoms with E-state index in [1.807, 2.05) is 13.8 Å². The molecule has 0 saturated heterocycles. The van der Waals surface area contributed by atoms with Gasteiger partial charge in [-0.3, -0.25) is 0 Å². The molecule has 0 bridgehead atoms. The van der Waals surface area contributed by atoms with E-state index in [4.69, 9.17) is 4.74 Å². The minimum atomic E-state index is -6.09. The highest BCUT2D eigenvalue weighted by Crippen LogP contribution is 2.51. The number of halogens is 7. The summed E-state index contributed by atoms with van der Waals surface area (Å²) in [6.07, 6.45) is -15.0. The number of alkyl halides is 7. The van der Waals surface area contributed by atoms with Gasteiger partial charge in [-0.25, -0.2) is 4.39 Å². The molecule has 0 aliphatic rings. The molecule has 0 fully saturated rings. The van der Waals surface area contributed by atoms with Gasteiger partial charge in [0.15, 0.2) is 0 Å². The quantitative estimate of drug-likeness (QED) is 0.556. The molecule has 1 aromatic carbocycles. The predicted molar refractivity (Wildman–Crippen MR) is 75.5 cm³/mol. The lowest BCUT2D eigenvalue weighted by atomic mass is 9.90. The monoisotopic (exact) mass is 360 g/mol. The molecular weight excluding hydrogens is 341 g/mol. The van der Waals surface area contributed by atoms with Crippen molar-refractivity contribution in [3.63, 3.8) is 0 Å². The number of hydrogen-bond donors (Lipinski definition) is 0. The Hall–Kier alpha value is -1.31. The fraction of sp³-hybridized carbons (Fsp3) is 0.625. The molecule has 2 atom stereocenters. The molecule has 0 aliphatic carbocycles. The van der Waals surface area contributed by atoms with Gasteiger partial charge < -0.3 is 4.74 Å². The lowest BCUT2D eigenvalue weighted by Crippen LogP contribution is -2.54. The summed E-state index contributed by atoms with van der Waals surface area (Å²) in [5.74, 6) is 0.0582. The summed E-state index contributed by atoms with van der Waals surface area (Å²) in [5.41, 5.74) is -4.53. The lowest BCUT2D eigenvalue weighted by Gasteiger charge is -2.32. The SMILES string of the molecule is CCC(C)c1cccc(C(CC(F)(C(F)(F)F)C(F)(F)F)OC)c1. The predicted octanol–water partition coefficient (Wildman–Crippen LogP) is 6.11. The van der Waals surface area contributed by atoms with Crippen LogP contribution in [0, 0.1) is 0 Å². The van der Waals surface area contributed by atoms with Crippen molar-refractivity contribution >= 4 is 0 Å². The first-order chi connectivity index (χ1) is 10.9. The molecule has 0 saturated carbocycles. The summed E-state index contributed by atoms with van der Waals surface area (Å²) in [6, 6.07) is 5.99. The van der Waals surface area contributed by atoms with Crippen molar-refractivity contribution in [2.45, 2.75) is 56.7 Å². The summed E-state index contributed by atoms with van der Waals surface area (Å²) in [5, 5.41) is 0. The molecule has 8 heteroatoms. The number of rotatable bonds is 6. The maximum absolute atomic E-state index is 13.9. The van der Waals surface area contributed by atoms with Crippen LogP contribution in [-0.2, 0) is 4.74 Å². The second kappa shape index (κ2) is 7.29. The highest BCUT2D eigenvalue weighted by molar-refractivity contribution is 5.28. The van der Waals surface area contributed by atoms with E-state index in [2.05, 4.69) is 0 Å². The molecule has 0 aromatic heterocycles. The Balaban J connectivity index is 3.22. The standard InChI is InChI=1S/C16H19F7O/c1-4-10(2)11-6-5-7-12(8-11)13(24-3)9-14(17,15(18,19)20)16(21,22)23/h5-8,10,13H,4,9H2,1-3H3. The van der Waals surface area contributed by atoms with E-state index in [-0.39, 0.29) is 11.5 Å². The van der Waals surface area contributed by atoms with Crippen LogP contribution in [0.2, 0.25) is 0 Å². The van der Waals surface area contributed by atoms with E-state index in [0.29, 0.717) is 0 Å². The van der Waals surface area contributed by atoms with Crippen molar-refractivity contribution in [3.05, 3.63) is 35.4 Å². The molecule has 0 radical (unpaired) electrons. The molecule has 1 nitrogen and oxygen atoms in total. The third-order valence-corrected chi connectivity index (χ3v) is 4.11. The van der Waals surface area contributed by atoms with Crippen LogP contribution in [0.25, 0.3) is 0 Å². The van der Waals surface area contributed by atoms with Crippen LogP contribution in [0.3, 0.4) is 0 Å². The fourth-order valence-electron chi connectivity index (χ4n) is 2.29. The second-order valence-electron chi connectivity index (χ2n) is 5.70. The van der Waals surface area contributed by atoms with E-state index < -0.39 is 30.5 Å². The molecule has 0 heterocycles. The van der Waals surface area contributed by atoms with Crippen LogP contribution in [0.15, 0.2) is 24.3 Å². The van der Waals surface area contributed by atoms with E-state index in [9.17, 15) is 30.7 Å². The summed E-state index contributed by atoms with van der Waals surface area (Å²) < 4.78 is 95.0. The molecule has 0 amide bonds. The summed E-state index contributed by atoms with van der Waals surface area (Å²) in [6.45, 7) is 3.76. The van der Waals surface area contributed by atoms with Crippen LogP contribution in [0.4, 0.5) is 30.7 Å². The Kier molecular flexibility index (Phi) is 6.30. The van der Waals surface area contributed by atoms with E-state index >= 15 is 0 Å². The van der Waals surface area contributed by atoms with E-state index in [0.717, 1.165) is 19.1 Å². The van der Waals surface area contributed by atoms with Gasteiger partial charge in [0.05, 0.1) is 6.10 Å². The van der Waals surface area contributed by atoms with E-state index in [1.54, 1.807) is 6.07 Å². The third kappa shape index (κ3) is 4.20. The molecule has 1 rings (SSSR count). The Morgan fingerprint density at radius 1 is 0.958 bits per heavy atom. The van der Waals surface area contributed by atoms with Crippen molar-refractivity contribution in [1.29, 1.82) is 0 Å². The minimum Gasteiger partial charge on any atom is -0.377 e. The Morgan fingerprint density at radius 2 is 1.46 bits per heavy atom. The largest absolute Gasteiger partial charge is 0.431 e. The van der Waals surface area contributed by atoms with Crippen LogP contribution in [-0.4, -0.2) is 25.1 Å². The molecule has 2 unspecified atom stereocenters. The van der Waals surface area contributed by atoms with Gasteiger partial charge in [-0.2, -0.15) is 26.3 Å². The number of benzene rings is 1. The molecule has 138 valence electrons. The van der Waals surface area contributed by atoms with Crippen LogP contribution < -0.4 is 0 Å². The van der Waals surface area contributed by atoms with Gasteiger partial charge >= 0.3 is 18.0 Å².